The van der Waals surface area contributed by atoms with Crippen LogP contribution in [0.5, 0.6) is 0 Å². The van der Waals surface area contributed by atoms with Gasteiger partial charge in [0.1, 0.15) is 0 Å². The van der Waals surface area contributed by atoms with Gasteiger partial charge in [0.25, 0.3) is 0 Å². The molecule has 6 heteroatoms. The number of carboxylic acids is 2. The topological polar surface area (TPSA) is 115 Å². The molecular formula is C30H46O6. The Labute approximate surface area is 215 Å². The van der Waals surface area contributed by atoms with Crippen LogP contribution in [0.3, 0.4) is 0 Å². The number of rotatable bonds is 2. The summed E-state index contributed by atoms with van der Waals surface area (Å²) in [4.78, 5) is 25.3. The van der Waals surface area contributed by atoms with E-state index in [0.29, 0.717) is 19.3 Å². The Morgan fingerprint density at radius 2 is 1.47 bits per heavy atom. The molecule has 0 aromatic heterocycles. The van der Waals surface area contributed by atoms with Gasteiger partial charge in [0.2, 0.25) is 0 Å². The van der Waals surface area contributed by atoms with Gasteiger partial charge in [-0.1, -0.05) is 46.3 Å². The second kappa shape index (κ2) is 7.59. The van der Waals surface area contributed by atoms with E-state index in [-0.39, 0.29) is 34.0 Å². The van der Waals surface area contributed by atoms with Crippen LogP contribution in [-0.2, 0) is 9.59 Å². The minimum absolute atomic E-state index is 0.0314. The second-order valence-corrected chi connectivity index (χ2v) is 15.0. The highest BCUT2D eigenvalue weighted by molar-refractivity contribution is 5.77. The van der Waals surface area contributed by atoms with E-state index in [4.69, 9.17) is 0 Å². The fourth-order valence-electron chi connectivity index (χ4n) is 10.7. The standard InChI is InChI=1S/C30H46O6/c1-25(2)11-13-30(24(35)36)14-12-27(4)17(18(30)15-25)7-8-20-26(3)16-19(31)22(32)29(6,23(33)34)21(26)9-10-28(20,27)5/h7,18-22,31-32H,8-16H2,1-6H3,(H,33,34)(H,35,36)/t18-,19-,20+,21+,22-,26-,27+,28+,29+,30-/m0/s1. The third-order valence-electron chi connectivity index (χ3n) is 13.1. The third-order valence-corrected chi connectivity index (χ3v) is 13.1. The molecule has 0 bridgehead atoms. The van der Waals surface area contributed by atoms with Crippen molar-refractivity contribution in [1.82, 2.24) is 0 Å². The molecule has 202 valence electrons. The van der Waals surface area contributed by atoms with Crippen molar-refractivity contribution in [3.63, 3.8) is 0 Å². The zero-order valence-electron chi connectivity index (χ0n) is 22.9. The van der Waals surface area contributed by atoms with Crippen LogP contribution >= 0.6 is 0 Å². The zero-order chi connectivity index (χ0) is 26.7. The lowest BCUT2D eigenvalue weighted by Crippen LogP contribution is -2.68. The van der Waals surface area contributed by atoms with Crippen LogP contribution in [0.1, 0.15) is 99.3 Å². The van der Waals surface area contributed by atoms with Crippen molar-refractivity contribution in [2.75, 3.05) is 0 Å². The molecule has 0 unspecified atom stereocenters. The Bertz CT molecular complexity index is 1020. The summed E-state index contributed by atoms with van der Waals surface area (Å²) in [6, 6.07) is 0. The molecule has 10 atom stereocenters. The van der Waals surface area contributed by atoms with E-state index in [1.165, 1.54) is 5.57 Å². The van der Waals surface area contributed by atoms with Gasteiger partial charge in [-0.05, 0) is 104 Å². The molecule has 0 aromatic rings. The molecule has 4 fully saturated rings. The predicted octanol–water partition coefficient (Wildman–Crippen LogP) is 5.27. The number of hydrogen-bond acceptors (Lipinski definition) is 4. The van der Waals surface area contributed by atoms with Crippen LogP contribution in [0, 0.1) is 50.2 Å². The number of fused-ring (bicyclic) bond motifs is 7. The molecule has 6 nitrogen and oxygen atoms in total. The minimum Gasteiger partial charge on any atom is -0.481 e. The smallest absolute Gasteiger partial charge is 0.312 e. The number of carbonyl (C=O) groups is 2. The number of hydrogen-bond donors (Lipinski definition) is 4. The van der Waals surface area contributed by atoms with Crippen molar-refractivity contribution in [3.8, 4) is 0 Å². The lowest BCUT2D eigenvalue weighted by molar-refractivity contribution is -0.239. The highest BCUT2D eigenvalue weighted by atomic mass is 16.4. The van der Waals surface area contributed by atoms with Crippen molar-refractivity contribution < 1.29 is 30.0 Å². The predicted molar refractivity (Wildman–Crippen MR) is 136 cm³/mol. The van der Waals surface area contributed by atoms with E-state index < -0.39 is 40.4 Å². The normalized spacial score (nSPS) is 53.7. The SMILES string of the molecule is CC1(C)CC[C@]2(C(=O)O)CC[C@]3(C)C(=CC[C@@H]4[C@]5(C)C[C@H](O)[C@H](O)[C@](C)(C(=O)O)[C@@H]5CC[C@]43C)[C@@H]2C1. The largest absolute Gasteiger partial charge is 0.481 e. The molecule has 5 aliphatic rings. The first-order valence-corrected chi connectivity index (χ1v) is 14.0. The van der Waals surface area contributed by atoms with E-state index in [2.05, 4.69) is 40.7 Å². The lowest BCUT2D eigenvalue weighted by atomic mass is 9.33. The molecule has 0 heterocycles. The van der Waals surface area contributed by atoms with E-state index in [0.717, 1.165) is 38.5 Å². The maximum Gasteiger partial charge on any atom is 0.312 e. The second-order valence-electron chi connectivity index (χ2n) is 15.0. The van der Waals surface area contributed by atoms with Crippen molar-refractivity contribution in [2.45, 2.75) is 112 Å². The summed E-state index contributed by atoms with van der Waals surface area (Å²) in [6.07, 6.45) is 6.80. The van der Waals surface area contributed by atoms with E-state index >= 15 is 0 Å². The van der Waals surface area contributed by atoms with Gasteiger partial charge in [-0.3, -0.25) is 9.59 Å². The first-order valence-electron chi connectivity index (χ1n) is 14.0. The average Bonchev–Trinajstić information content (AvgIpc) is 2.77. The summed E-state index contributed by atoms with van der Waals surface area (Å²) in [5.41, 5.74) is -1.36. The van der Waals surface area contributed by atoms with Crippen LogP contribution in [0.2, 0.25) is 0 Å². The van der Waals surface area contributed by atoms with Crippen molar-refractivity contribution in [1.29, 1.82) is 0 Å². The maximum atomic E-state index is 12.8. The minimum atomic E-state index is -1.39. The van der Waals surface area contributed by atoms with Gasteiger partial charge >= 0.3 is 11.9 Å². The molecule has 0 amide bonds. The number of aliphatic carboxylic acids is 2. The van der Waals surface area contributed by atoms with Gasteiger partial charge in [0.15, 0.2) is 0 Å². The van der Waals surface area contributed by atoms with Gasteiger partial charge in [-0.2, -0.15) is 0 Å². The van der Waals surface area contributed by atoms with Crippen LogP contribution < -0.4 is 0 Å². The summed E-state index contributed by atoms with van der Waals surface area (Å²) in [7, 11) is 0. The molecule has 4 N–H and O–H groups in total. The first kappa shape index (κ1) is 26.2. The molecule has 5 rings (SSSR count). The summed E-state index contributed by atoms with van der Waals surface area (Å²) in [5.74, 6) is -1.71. The number of carboxylic acid groups (broad SMARTS) is 2. The Morgan fingerprint density at radius 1 is 0.833 bits per heavy atom. The van der Waals surface area contributed by atoms with Crippen LogP contribution in [-0.4, -0.2) is 44.6 Å². The maximum absolute atomic E-state index is 12.8. The van der Waals surface area contributed by atoms with Crippen LogP contribution in [0.4, 0.5) is 0 Å². The quantitative estimate of drug-likeness (QED) is 0.383. The Kier molecular flexibility index (Phi) is 5.53. The van der Waals surface area contributed by atoms with Crippen molar-refractivity contribution in [2.24, 2.45) is 50.2 Å². The zero-order valence-corrected chi connectivity index (χ0v) is 22.9. The monoisotopic (exact) mass is 502 g/mol. The number of aliphatic hydroxyl groups is 2. The van der Waals surface area contributed by atoms with E-state index in [1.807, 2.05) is 0 Å². The first-order chi connectivity index (χ1) is 16.5. The molecule has 0 spiro atoms. The van der Waals surface area contributed by atoms with Crippen LogP contribution in [0.15, 0.2) is 11.6 Å². The van der Waals surface area contributed by atoms with Gasteiger partial charge in [0, 0.05) is 0 Å². The van der Waals surface area contributed by atoms with Gasteiger partial charge in [0.05, 0.1) is 23.0 Å². The van der Waals surface area contributed by atoms with Gasteiger partial charge in [-0.15, -0.1) is 0 Å². The highest BCUT2D eigenvalue weighted by Gasteiger charge is 2.71. The summed E-state index contributed by atoms with van der Waals surface area (Å²) >= 11 is 0. The fraction of sp³-hybridized carbons (Fsp3) is 0.867. The Balaban J connectivity index is 1.62. The van der Waals surface area contributed by atoms with Gasteiger partial charge in [-0.25, -0.2) is 0 Å². The fourth-order valence-corrected chi connectivity index (χ4v) is 10.7. The summed E-state index contributed by atoms with van der Waals surface area (Å²) < 4.78 is 0. The van der Waals surface area contributed by atoms with E-state index in [1.54, 1.807) is 6.92 Å². The molecule has 0 aromatic carbocycles. The highest BCUT2D eigenvalue weighted by Crippen LogP contribution is 2.75. The average molecular weight is 503 g/mol. The molecule has 4 saturated carbocycles. The third kappa shape index (κ3) is 2.98. The molecular weight excluding hydrogens is 456 g/mol. The lowest BCUT2D eigenvalue weighted by Gasteiger charge is -2.71. The Morgan fingerprint density at radius 3 is 2.08 bits per heavy atom. The summed E-state index contributed by atoms with van der Waals surface area (Å²) in [6.45, 7) is 13.0. The molecule has 0 radical (unpaired) electrons. The molecule has 36 heavy (non-hydrogen) atoms. The summed E-state index contributed by atoms with van der Waals surface area (Å²) in [5, 5.41) is 42.6. The van der Waals surface area contributed by atoms with Crippen molar-refractivity contribution >= 4 is 11.9 Å². The molecule has 0 saturated heterocycles. The molecule has 0 aliphatic heterocycles. The number of allylic oxidation sites excluding steroid dienone is 2. The Hall–Kier alpha value is -1.40. The van der Waals surface area contributed by atoms with Gasteiger partial charge < -0.3 is 20.4 Å². The van der Waals surface area contributed by atoms with Crippen molar-refractivity contribution in [3.05, 3.63) is 11.6 Å². The molecule has 5 aliphatic carbocycles. The van der Waals surface area contributed by atoms with E-state index in [9.17, 15) is 30.0 Å². The number of aliphatic hydroxyl groups excluding tert-OH is 2. The van der Waals surface area contributed by atoms with Crippen LogP contribution in [0.25, 0.3) is 0 Å².